The molecule has 104 valence electrons. The molecule has 0 bridgehead atoms. The number of benzene rings is 1. The summed E-state index contributed by atoms with van der Waals surface area (Å²) in [6.07, 6.45) is 4.27. The molecule has 0 spiro atoms. The van der Waals surface area contributed by atoms with Crippen LogP contribution < -0.4 is 15.8 Å². The van der Waals surface area contributed by atoms with E-state index in [-0.39, 0.29) is 17.8 Å². The standard InChI is InChI=1S/C13H19N3O3/c1-19-11-7-9(6-10(8-11)16(17)18)15-13-5-3-2-4-12(13)14/h6-8,12-13,15H,2-5,14H2,1H3/t12-,13-/m1/s1. The third-order valence-electron chi connectivity index (χ3n) is 3.51. The van der Waals surface area contributed by atoms with E-state index in [0.29, 0.717) is 11.4 Å². The van der Waals surface area contributed by atoms with E-state index in [1.165, 1.54) is 19.2 Å². The molecule has 0 aliphatic heterocycles. The molecule has 1 aromatic carbocycles. The summed E-state index contributed by atoms with van der Waals surface area (Å²) in [5.41, 5.74) is 6.78. The van der Waals surface area contributed by atoms with Gasteiger partial charge in [0.2, 0.25) is 0 Å². The van der Waals surface area contributed by atoms with E-state index in [1.54, 1.807) is 6.07 Å². The molecule has 1 aliphatic rings. The van der Waals surface area contributed by atoms with Crippen molar-refractivity contribution in [2.24, 2.45) is 5.73 Å². The molecule has 19 heavy (non-hydrogen) atoms. The fourth-order valence-corrected chi connectivity index (χ4v) is 2.44. The van der Waals surface area contributed by atoms with Crippen LogP contribution in [0.15, 0.2) is 18.2 Å². The molecule has 0 heterocycles. The molecule has 0 unspecified atom stereocenters. The van der Waals surface area contributed by atoms with Gasteiger partial charge >= 0.3 is 0 Å². The highest BCUT2D eigenvalue weighted by Gasteiger charge is 2.22. The maximum absolute atomic E-state index is 10.9. The minimum Gasteiger partial charge on any atom is -0.496 e. The predicted molar refractivity (Wildman–Crippen MR) is 73.5 cm³/mol. The first-order valence-corrected chi connectivity index (χ1v) is 6.46. The van der Waals surface area contributed by atoms with Gasteiger partial charge in [-0.1, -0.05) is 12.8 Å². The number of rotatable bonds is 4. The molecule has 3 N–H and O–H groups in total. The number of ether oxygens (including phenoxy) is 1. The molecular weight excluding hydrogens is 246 g/mol. The average Bonchev–Trinajstić information content (AvgIpc) is 2.41. The van der Waals surface area contributed by atoms with E-state index in [9.17, 15) is 10.1 Å². The number of nitrogens with one attached hydrogen (secondary N) is 1. The van der Waals surface area contributed by atoms with Crippen LogP contribution in [0.2, 0.25) is 0 Å². The Morgan fingerprint density at radius 3 is 2.74 bits per heavy atom. The fourth-order valence-electron chi connectivity index (χ4n) is 2.44. The van der Waals surface area contributed by atoms with Crippen molar-refractivity contribution in [2.75, 3.05) is 12.4 Å². The van der Waals surface area contributed by atoms with Gasteiger partial charge in [-0.25, -0.2) is 0 Å². The highest BCUT2D eigenvalue weighted by molar-refractivity contribution is 5.57. The monoisotopic (exact) mass is 265 g/mol. The summed E-state index contributed by atoms with van der Waals surface area (Å²) in [4.78, 5) is 10.5. The number of nitrogens with zero attached hydrogens (tertiary/aromatic N) is 1. The summed E-state index contributed by atoms with van der Waals surface area (Å²) in [7, 11) is 1.50. The molecule has 1 fully saturated rings. The lowest BCUT2D eigenvalue weighted by Gasteiger charge is -2.30. The van der Waals surface area contributed by atoms with E-state index in [2.05, 4.69) is 5.32 Å². The lowest BCUT2D eigenvalue weighted by Crippen LogP contribution is -2.42. The Kier molecular flexibility index (Phi) is 4.21. The minimum absolute atomic E-state index is 0.0197. The Morgan fingerprint density at radius 1 is 1.37 bits per heavy atom. The van der Waals surface area contributed by atoms with Gasteiger partial charge in [0.25, 0.3) is 5.69 Å². The Hall–Kier alpha value is -1.82. The number of nitrogens with two attached hydrogens (primary N) is 1. The number of hydrogen-bond acceptors (Lipinski definition) is 5. The maximum atomic E-state index is 10.9. The van der Waals surface area contributed by atoms with Crippen molar-refractivity contribution in [3.05, 3.63) is 28.3 Å². The van der Waals surface area contributed by atoms with Gasteiger partial charge in [0.15, 0.2) is 0 Å². The van der Waals surface area contributed by atoms with Crippen LogP contribution in [0.1, 0.15) is 25.7 Å². The van der Waals surface area contributed by atoms with Crippen molar-refractivity contribution < 1.29 is 9.66 Å². The largest absolute Gasteiger partial charge is 0.496 e. The normalized spacial score (nSPS) is 22.8. The van der Waals surface area contributed by atoms with E-state index in [1.807, 2.05) is 0 Å². The van der Waals surface area contributed by atoms with Crippen LogP contribution in [0.4, 0.5) is 11.4 Å². The highest BCUT2D eigenvalue weighted by atomic mass is 16.6. The van der Waals surface area contributed by atoms with Gasteiger partial charge in [-0.2, -0.15) is 0 Å². The first-order valence-electron chi connectivity index (χ1n) is 6.46. The highest BCUT2D eigenvalue weighted by Crippen LogP contribution is 2.28. The second kappa shape index (κ2) is 5.88. The molecule has 6 heteroatoms. The van der Waals surface area contributed by atoms with Crippen LogP contribution in [0, 0.1) is 10.1 Å². The molecule has 1 saturated carbocycles. The Bertz CT molecular complexity index is 464. The van der Waals surface area contributed by atoms with E-state index in [0.717, 1.165) is 25.7 Å². The molecule has 0 saturated heterocycles. The Balaban J connectivity index is 2.18. The molecule has 6 nitrogen and oxygen atoms in total. The lowest BCUT2D eigenvalue weighted by molar-refractivity contribution is -0.384. The van der Waals surface area contributed by atoms with Gasteiger partial charge in [-0.3, -0.25) is 10.1 Å². The summed E-state index contributed by atoms with van der Waals surface area (Å²) in [6.45, 7) is 0. The van der Waals surface area contributed by atoms with Crippen LogP contribution in [0.3, 0.4) is 0 Å². The van der Waals surface area contributed by atoms with Gasteiger partial charge in [0, 0.05) is 29.9 Å². The molecule has 0 aromatic heterocycles. The third-order valence-corrected chi connectivity index (χ3v) is 3.51. The van der Waals surface area contributed by atoms with Gasteiger partial charge in [-0.15, -0.1) is 0 Å². The fraction of sp³-hybridized carbons (Fsp3) is 0.538. The van der Waals surface area contributed by atoms with E-state index < -0.39 is 4.92 Å². The molecule has 2 rings (SSSR count). The van der Waals surface area contributed by atoms with Crippen molar-refractivity contribution in [1.29, 1.82) is 0 Å². The van der Waals surface area contributed by atoms with Crippen molar-refractivity contribution in [2.45, 2.75) is 37.8 Å². The smallest absolute Gasteiger partial charge is 0.275 e. The van der Waals surface area contributed by atoms with Crippen molar-refractivity contribution in [3.63, 3.8) is 0 Å². The summed E-state index contributed by atoms with van der Waals surface area (Å²) in [5.74, 6) is 0.473. The van der Waals surface area contributed by atoms with Crippen LogP contribution >= 0.6 is 0 Å². The zero-order chi connectivity index (χ0) is 13.8. The molecule has 0 amide bonds. The maximum Gasteiger partial charge on any atom is 0.275 e. The number of nitro groups is 1. The van der Waals surface area contributed by atoms with Crippen LogP contribution in [-0.4, -0.2) is 24.1 Å². The topological polar surface area (TPSA) is 90.4 Å². The Labute approximate surface area is 112 Å². The number of non-ortho nitro benzene ring substituents is 1. The molecule has 2 atom stereocenters. The molecule has 0 radical (unpaired) electrons. The number of nitro benzene ring substituents is 1. The zero-order valence-corrected chi connectivity index (χ0v) is 11.0. The van der Waals surface area contributed by atoms with Crippen molar-refractivity contribution >= 4 is 11.4 Å². The van der Waals surface area contributed by atoms with Gasteiger partial charge < -0.3 is 15.8 Å². The zero-order valence-electron chi connectivity index (χ0n) is 11.0. The number of methoxy groups -OCH3 is 1. The van der Waals surface area contributed by atoms with Gasteiger partial charge in [0.1, 0.15) is 5.75 Å². The second-order valence-electron chi connectivity index (χ2n) is 4.88. The van der Waals surface area contributed by atoms with E-state index in [4.69, 9.17) is 10.5 Å². The SMILES string of the molecule is COc1cc(N[C@@H]2CCCC[C@H]2N)cc([N+](=O)[O-])c1. The van der Waals surface area contributed by atoms with E-state index >= 15 is 0 Å². The third kappa shape index (κ3) is 3.35. The molecule has 1 aliphatic carbocycles. The predicted octanol–water partition coefficient (Wildman–Crippen LogP) is 2.29. The first kappa shape index (κ1) is 13.6. The molecule has 1 aromatic rings. The summed E-state index contributed by atoms with van der Waals surface area (Å²) in [6, 6.07) is 4.95. The van der Waals surface area contributed by atoms with Crippen LogP contribution in [0.25, 0.3) is 0 Å². The summed E-state index contributed by atoms with van der Waals surface area (Å²) in [5, 5.41) is 14.2. The van der Waals surface area contributed by atoms with Crippen molar-refractivity contribution in [3.8, 4) is 5.75 Å². The second-order valence-corrected chi connectivity index (χ2v) is 4.88. The van der Waals surface area contributed by atoms with Crippen molar-refractivity contribution in [1.82, 2.24) is 0 Å². The summed E-state index contributed by atoms with van der Waals surface area (Å²) < 4.78 is 5.09. The van der Waals surface area contributed by atoms with Crippen LogP contribution in [0.5, 0.6) is 5.75 Å². The summed E-state index contributed by atoms with van der Waals surface area (Å²) >= 11 is 0. The average molecular weight is 265 g/mol. The molecular formula is C13H19N3O3. The minimum atomic E-state index is -0.422. The van der Waals surface area contributed by atoms with Gasteiger partial charge in [-0.05, 0) is 12.8 Å². The number of anilines is 1. The number of hydrogen-bond donors (Lipinski definition) is 2. The lowest BCUT2D eigenvalue weighted by atomic mass is 9.91. The van der Waals surface area contributed by atoms with Crippen LogP contribution in [-0.2, 0) is 0 Å². The quantitative estimate of drug-likeness (QED) is 0.644. The Morgan fingerprint density at radius 2 is 2.11 bits per heavy atom. The van der Waals surface area contributed by atoms with Gasteiger partial charge in [0.05, 0.1) is 18.1 Å². The first-order chi connectivity index (χ1) is 9.10.